The van der Waals surface area contributed by atoms with E-state index in [0.717, 1.165) is 22.4 Å². The molecule has 0 atom stereocenters. The van der Waals surface area contributed by atoms with Gasteiger partial charge in [-0.3, -0.25) is 4.79 Å². The molecule has 0 fully saturated rings. The standard InChI is InChI=1S/C32H42FN3O4/c1-6-39-18-9-17-35(32(38)34-31-28(23(2)3)11-7-12-29(31)24(4)5)22-30(37)36(21-27-10-8-19-40-27)20-25-13-15-26(33)16-14-25/h7-8,10-16,19,23-24H,6,9,17-18,20-22H2,1-5H3,(H,34,38). The molecule has 0 aliphatic heterocycles. The van der Waals surface area contributed by atoms with Crippen LogP contribution in [0, 0.1) is 5.82 Å². The predicted molar refractivity (Wildman–Crippen MR) is 156 cm³/mol. The molecular formula is C32H42FN3O4. The van der Waals surface area contributed by atoms with E-state index in [4.69, 9.17) is 9.15 Å². The maximum atomic E-state index is 13.7. The highest BCUT2D eigenvalue weighted by Crippen LogP contribution is 2.32. The monoisotopic (exact) mass is 551 g/mol. The van der Waals surface area contributed by atoms with Gasteiger partial charge >= 0.3 is 6.03 Å². The van der Waals surface area contributed by atoms with E-state index in [0.29, 0.717) is 31.9 Å². The normalized spacial score (nSPS) is 11.2. The van der Waals surface area contributed by atoms with Crippen LogP contribution in [-0.4, -0.2) is 48.0 Å². The van der Waals surface area contributed by atoms with Crippen LogP contribution in [0.5, 0.6) is 0 Å². The molecule has 0 aliphatic rings. The molecule has 40 heavy (non-hydrogen) atoms. The van der Waals surface area contributed by atoms with E-state index in [1.54, 1.807) is 40.3 Å². The first-order valence-corrected chi connectivity index (χ1v) is 14.0. The van der Waals surface area contributed by atoms with Crippen LogP contribution in [0.1, 0.15) is 75.3 Å². The van der Waals surface area contributed by atoms with Crippen molar-refractivity contribution < 1.29 is 23.1 Å². The number of rotatable bonds is 14. The lowest BCUT2D eigenvalue weighted by atomic mass is 9.93. The van der Waals surface area contributed by atoms with Crippen molar-refractivity contribution in [3.63, 3.8) is 0 Å². The number of anilines is 1. The van der Waals surface area contributed by atoms with Crippen molar-refractivity contribution in [3.8, 4) is 0 Å². The summed E-state index contributed by atoms with van der Waals surface area (Å²) in [4.78, 5) is 30.6. The Kier molecular flexibility index (Phi) is 11.8. The largest absolute Gasteiger partial charge is 0.467 e. The minimum absolute atomic E-state index is 0.124. The number of furan rings is 1. The number of benzene rings is 2. The highest BCUT2D eigenvalue weighted by molar-refractivity contribution is 5.94. The third-order valence-corrected chi connectivity index (χ3v) is 6.71. The topological polar surface area (TPSA) is 75.0 Å². The van der Waals surface area contributed by atoms with Crippen molar-refractivity contribution in [2.75, 3.05) is 31.6 Å². The van der Waals surface area contributed by atoms with Crippen molar-refractivity contribution in [2.45, 2.75) is 66.0 Å². The van der Waals surface area contributed by atoms with Gasteiger partial charge < -0.3 is 24.3 Å². The first kappa shape index (κ1) is 30.9. The van der Waals surface area contributed by atoms with E-state index < -0.39 is 0 Å². The Hall–Kier alpha value is -3.65. The molecule has 8 heteroatoms. The third kappa shape index (κ3) is 8.95. The van der Waals surface area contributed by atoms with Crippen molar-refractivity contribution in [1.29, 1.82) is 0 Å². The molecule has 0 radical (unpaired) electrons. The maximum absolute atomic E-state index is 13.7. The van der Waals surface area contributed by atoms with Gasteiger partial charge in [0.05, 0.1) is 12.8 Å². The summed E-state index contributed by atoms with van der Waals surface area (Å²) in [5, 5.41) is 3.14. The number of urea groups is 1. The van der Waals surface area contributed by atoms with Gasteiger partial charge in [-0.25, -0.2) is 9.18 Å². The van der Waals surface area contributed by atoms with Gasteiger partial charge in [0.15, 0.2) is 0 Å². The zero-order valence-electron chi connectivity index (χ0n) is 24.3. The van der Waals surface area contributed by atoms with Gasteiger partial charge in [0.1, 0.15) is 18.1 Å². The van der Waals surface area contributed by atoms with Crippen molar-refractivity contribution in [3.05, 3.63) is 89.1 Å². The van der Waals surface area contributed by atoms with E-state index in [-0.39, 0.29) is 49.2 Å². The summed E-state index contributed by atoms with van der Waals surface area (Å²) in [6.45, 7) is 12.1. The average molecular weight is 552 g/mol. The fraction of sp³-hybridized carbons (Fsp3) is 0.438. The lowest BCUT2D eigenvalue weighted by molar-refractivity contribution is -0.133. The second-order valence-corrected chi connectivity index (χ2v) is 10.5. The fourth-order valence-corrected chi connectivity index (χ4v) is 4.53. The Balaban J connectivity index is 1.85. The van der Waals surface area contributed by atoms with Crippen molar-refractivity contribution in [1.82, 2.24) is 9.80 Å². The van der Waals surface area contributed by atoms with Gasteiger partial charge in [0.25, 0.3) is 0 Å². The summed E-state index contributed by atoms with van der Waals surface area (Å²) < 4.78 is 24.5. The smallest absolute Gasteiger partial charge is 0.322 e. The Labute approximate surface area is 237 Å². The number of amides is 3. The molecule has 1 aromatic heterocycles. The van der Waals surface area contributed by atoms with E-state index in [1.807, 2.05) is 25.1 Å². The molecule has 3 aromatic rings. The van der Waals surface area contributed by atoms with Crippen LogP contribution in [0.2, 0.25) is 0 Å². The Bertz CT molecular complexity index is 1180. The quantitative estimate of drug-likeness (QED) is 0.216. The Morgan fingerprint density at radius 3 is 2.17 bits per heavy atom. The molecule has 0 unspecified atom stereocenters. The van der Waals surface area contributed by atoms with E-state index in [1.165, 1.54) is 12.1 Å². The molecule has 0 saturated carbocycles. The van der Waals surface area contributed by atoms with Gasteiger partial charge in [-0.1, -0.05) is 58.0 Å². The number of nitrogens with one attached hydrogen (secondary N) is 1. The van der Waals surface area contributed by atoms with Gasteiger partial charge in [-0.05, 0) is 66.1 Å². The highest BCUT2D eigenvalue weighted by Gasteiger charge is 2.24. The number of para-hydroxylation sites is 1. The van der Waals surface area contributed by atoms with Crippen molar-refractivity contribution in [2.24, 2.45) is 0 Å². The van der Waals surface area contributed by atoms with Gasteiger partial charge in [-0.15, -0.1) is 0 Å². The molecule has 0 spiro atoms. The Morgan fingerprint density at radius 2 is 1.60 bits per heavy atom. The van der Waals surface area contributed by atoms with E-state index >= 15 is 0 Å². The lowest BCUT2D eigenvalue weighted by Gasteiger charge is -2.29. The number of hydrogen-bond donors (Lipinski definition) is 1. The molecule has 7 nitrogen and oxygen atoms in total. The maximum Gasteiger partial charge on any atom is 0.322 e. The summed E-state index contributed by atoms with van der Waals surface area (Å²) in [7, 11) is 0. The molecule has 1 heterocycles. The first-order chi connectivity index (χ1) is 19.2. The molecule has 2 aromatic carbocycles. The summed E-state index contributed by atoms with van der Waals surface area (Å²) >= 11 is 0. The molecule has 3 rings (SSSR count). The van der Waals surface area contributed by atoms with Gasteiger partial charge in [-0.2, -0.15) is 0 Å². The SMILES string of the molecule is CCOCCCN(CC(=O)N(Cc1ccc(F)cc1)Cc1ccco1)C(=O)Nc1c(C(C)C)cccc1C(C)C. The number of hydrogen-bond acceptors (Lipinski definition) is 4. The summed E-state index contributed by atoms with van der Waals surface area (Å²) in [6.07, 6.45) is 2.15. The molecule has 1 N–H and O–H groups in total. The summed E-state index contributed by atoms with van der Waals surface area (Å²) in [5.74, 6) is 0.457. The van der Waals surface area contributed by atoms with Crippen LogP contribution < -0.4 is 5.32 Å². The van der Waals surface area contributed by atoms with Crippen LogP contribution >= 0.6 is 0 Å². The second kappa shape index (κ2) is 15.2. The van der Waals surface area contributed by atoms with Crippen LogP contribution in [0.15, 0.2) is 65.3 Å². The van der Waals surface area contributed by atoms with Crippen LogP contribution in [-0.2, 0) is 22.6 Å². The van der Waals surface area contributed by atoms with Crippen molar-refractivity contribution >= 4 is 17.6 Å². The number of ether oxygens (including phenoxy) is 1. The predicted octanol–water partition coefficient (Wildman–Crippen LogP) is 7.16. The highest BCUT2D eigenvalue weighted by atomic mass is 19.1. The summed E-state index contributed by atoms with van der Waals surface area (Å²) in [6, 6.07) is 15.4. The second-order valence-electron chi connectivity index (χ2n) is 10.5. The summed E-state index contributed by atoms with van der Waals surface area (Å²) in [5.41, 5.74) is 3.69. The third-order valence-electron chi connectivity index (χ3n) is 6.71. The zero-order chi connectivity index (χ0) is 29.1. The van der Waals surface area contributed by atoms with Crippen LogP contribution in [0.3, 0.4) is 0 Å². The fourth-order valence-electron chi connectivity index (χ4n) is 4.53. The number of carbonyl (C=O) groups excluding carboxylic acids is 2. The minimum Gasteiger partial charge on any atom is -0.467 e. The number of nitrogens with zero attached hydrogens (tertiary/aromatic N) is 2. The molecule has 0 aliphatic carbocycles. The lowest BCUT2D eigenvalue weighted by Crippen LogP contribution is -2.45. The number of halogens is 1. The molecule has 216 valence electrons. The molecule has 3 amide bonds. The Morgan fingerprint density at radius 1 is 0.925 bits per heavy atom. The molecule has 0 bridgehead atoms. The van der Waals surface area contributed by atoms with Crippen LogP contribution in [0.4, 0.5) is 14.9 Å². The number of carbonyl (C=O) groups is 2. The minimum atomic E-state index is -0.341. The van der Waals surface area contributed by atoms with Crippen LogP contribution in [0.25, 0.3) is 0 Å². The van der Waals surface area contributed by atoms with E-state index in [2.05, 4.69) is 33.0 Å². The molecule has 0 saturated heterocycles. The zero-order valence-corrected chi connectivity index (χ0v) is 24.3. The first-order valence-electron chi connectivity index (χ1n) is 14.0. The van der Waals surface area contributed by atoms with Gasteiger partial charge in [0.2, 0.25) is 5.91 Å². The average Bonchev–Trinajstić information content (AvgIpc) is 3.44. The molecular weight excluding hydrogens is 509 g/mol. The van der Waals surface area contributed by atoms with E-state index in [9.17, 15) is 14.0 Å². The van der Waals surface area contributed by atoms with Gasteiger partial charge in [0, 0.05) is 32.0 Å².